The summed E-state index contributed by atoms with van der Waals surface area (Å²) in [6.07, 6.45) is 0. The van der Waals surface area contributed by atoms with Gasteiger partial charge in [0, 0.05) is 5.69 Å². The molecule has 0 aromatic heterocycles. The Kier molecular flexibility index (Phi) is 8.33. The molecule has 1 rings (SSSR count). The molecule has 4 nitrogen and oxygen atoms in total. The molecule has 0 radical (unpaired) electrons. The summed E-state index contributed by atoms with van der Waals surface area (Å²) in [6, 6.07) is 5.27. The lowest BCUT2D eigenvalue weighted by molar-refractivity contribution is 0.415. The Morgan fingerprint density at radius 2 is 2.28 bits per heavy atom. The molecular weight excluding hydrogens is 365 g/mol. The average molecular weight is 380 g/mol. The molecule has 0 saturated carbocycles. The number of ether oxygens (including phenoxy) is 1. The van der Waals surface area contributed by atoms with E-state index in [2.05, 4.69) is 22.2 Å². The van der Waals surface area contributed by atoms with Crippen molar-refractivity contribution in [1.82, 2.24) is 0 Å². The lowest BCUT2D eigenvalue weighted by Gasteiger charge is -2.07. The van der Waals surface area contributed by atoms with Gasteiger partial charge in [-0.25, -0.2) is 4.99 Å². The maximum atomic E-state index is 5.97. The van der Waals surface area contributed by atoms with Crippen molar-refractivity contribution in [2.75, 3.05) is 19.0 Å². The molecule has 0 aliphatic rings. The van der Waals surface area contributed by atoms with E-state index in [4.69, 9.17) is 22.1 Å². The van der Waals surface area contributed by atoms with Crippen molar-refractivity contribution in [3.8, 4) is 17.6 Å². The molecular formula is C12H15ClIN3O. The van der Waals surface area contributed by atoms with Gasteiger partial charge in [-0.15, -0.1) is 29.9 Å². The molecule has 0 bridgehead atoms. The van der Waals surface area contributed by atoms with E-state index >= 15 is 0 Å². The predicted octanol–water partition coefficient (Wildman–Crippen LogP) is 2.72. The third-order valence-electron chi connectivity index (χ3n) is 1.93. The average Bonchev–Trinajstić information content (AvgIpc) is 2.29. The second-order valence-corrected chi connectivity index (χ2v) is 3.51. The van der Waals surface area contributed by atoms with Crippen LogP contribution in [0, 0.1) is 11.8 Å². The molecule has 0 spiro atoms. The van der Waals surface area contributed by atoms with Gasteiger partial charge in [0.2, 0.25) is 0 Å². The van der Waals surface area contributed by atoms with Gasteiger partial charge < -0.3 is 15.8 Å². The fourth-order valence-corrected chi connectivity index (χ4v) is 1.39. The molecule has 0 atom stereocenters. The summed E-state index contributed by atoms with van der Waals surface area (Å²) in [4.78, 5) is 4.02. The molecule has 0 heterocycles. The molecule has 18 heavy (non-hydrogen) atoms. The number of nitrogens with one attached hydrogen (secondary N) is 1. The van der Waals surface area contributed by atoms with Gasteiger partial charge in [-0.1, -0.05) is 17.5 Å². The molecule has 98 valence electrons. The number of aliphatic imine (C=N–C) groups is 1. The molecule has 6 heteroatoms. The Hall–Kier alpha value is -1.13. The first-order valence-electron chi connectivity index (χ1n) is 4.97. The van der Waals surface area contributed by atoms with Crippen LogP contribution in [0.15, 0.2) is 23.2 Å². The van der Waals surface area contributed by atoms with E-state index in [9.17, 15) is 0 Å². The van der Waals surface area contributed by atoms with E-state index in [1.807, 2.05) is 0 Å². The van der Waals surface area contributed by atoms with Crippen LogP contribution in [0.2, 0.25) is 5.02 Å². The Balaban J connectivity index is 0.00000289. The monoisotopic (exact) mass is 379 g/mol. The SMILES string of the molecule is CC#CCN=C(N)Nc1ccc(OC)c(Cl)c1.I. The van der Waals surface area contributed by atoms with Gasteiger partial charge in [-0.2, -0.15) is 0 Å². The maximum Gasteiger partial charge on any atom is 0.194 e. The topological polar surface area (TPSA) is 59.6 Å². The highest BCUT2D eigenvalue weighted by molar-refractivity contribution is 14.0. The first-order valence-corrected chi connectivity index (χ1v) is 5.35. The third-order valence-corrected chi connectivity index (χ3v) is 2.22. The van der Waals surface area contributed by atoms with E-state index < -0.39 is 0 Å². The first kappa shape index (κ1) is 16.9. The van der Waals surface area contributed by atoms with Gasteiger partial charge in [-0.05, 0) is 25.1 Å². The smallest absolute Gasteiger partial charge is 0.194 e. The van der Waals surface area contributed by atoms with Crippen molar-refractivity contribution in [3.05, 3.63) is 23.2 Å². The van der Waals surface area contributed by atoms with Gasteiger partial charge in [0.1, 0.15) is 12.3 Å². The van der Waals surface area contributed by atoms with E-state index in [0.717, 1.165) is 5.69 Å². The normalized spacial score (nSPS) is 9.83. The number of hydrogen-bond donors (Lipinski definition) is 2. The highest BCUT2D eigenvalue weighted by Gasteiger charge is 2.02. The molecule has 3 N–H and O–H groups in total. The first-order chi connectivity index (χ1) is 8.17. The second kappa shape index (κ2) is 8.89. The summed E-state index contributed by atoms with van der Waals surface area (Å²) >= 11 is 5.97. The number of halogens is 2. The molecule has 0 aliphatic heterocycles. The molecule has 1 aromatic carbocycles. The van der Waals surface area contributed by atoms with Crippen molar-refractivity contribution < 1.29 is 4.74 Å². The number of guanidine groups is 1. The number of methoxy groups -OCH3 is 1. The minimum atomic E-state index is 0. The van der Waals surface area contributed by atoms with Crippen LogP contribution in [0.3, 0.4) is 0 Å². The Morgan fingerprint density at radius 1 is 1.56 bits per heavy atom. The number of rotatable bonds is 3. The summed E-state index contributed by atoms with van der Waals surface area (Å²) in [5.41, 5.74) is 6.42. The van der Waals surface area contributed by atoms with E-state index in [1.165, 1.54) is 0 Å². The fraction of sp³-hybridized carbons (Fsp3) is 0.250. The molecule has 0 unspecified atom stereocenters. The summed E-state index contributed by atoms with van der Waals surface area (Å²) in [5.74, 6) is 6.44. The van der Waals surface area contributed by atoms with Gasteiger partial charge in [0.25, 0.3) is 0 Å². The van der Waals surface area contributed by atoms with E-state index in [1.54, 1.807) is 32.2 Å². The molecule has 0 saturated heterocycles. The molecule has 0 amide bonds. The second-order valence-electron chi connectivity index (χ2n) is 3.10. The number of nitrogens with two attached hydrogens (primary N) is 1. The lowest BCUT2D eigenvalue weighted by atomic mass is 10.3. The number of hydrogen-bond acceptors (Lipinski definition) is 2. The standard InChI is InChI=1S/C12H14ClN3O.HI/c1-3-4-7-15-12(14)16-9-5-6-11(17-2)10(13)8-9;/h5-6,8H,7H2,1-2H3,(H3,14,15,16);1H. The summed E-state index contributed by atoms with van der Waals surface area (Å²) < 4.78 is 5.04. The van der Waals surface area contributed by atoms with E-state index in [-0.39, 0.29) is 24.0 Å². The third kappa shape index (κ3) is 5.47. The van der Waals surface area contributed by atoms with Crippen LogP contribution in [-0.2, 0) is 0 Å². The van der Waals surface area contributed by atoms with Crippen molar-refractivity contribution in [2.45, 2.75) is 6.92 Å². The van der Waals surface area contributed by atoms with E-state index in [0.29, 0.717) is 23.3 Å². The summed E-state index contributed by atoms with van der Waals surface area (Å²) in [5, 5.41) is 3.43. The van der Waals surface area contributed by atoms with Crippen LogP contribution in [0.25, 0.3) is 0 Å². The largest absolute Gasteiger partial charge is 0.495 e. The maximum absolute atomic E-state index is 5.97. The van der Waals surface area contributed by atoms with Crippen molar-refractivity contribution in [2.24, 2.45) is 10.7 Å². The zero-order chi connectivity index (χ0) is 12.7. The zero-order valence-corrected chi connectivity index (χ0v) is 13.2. The minimum Gasteiger partial charge on any atom is -0.495 e. The van der Waals surface area contributed by atoms with Crippen molar-refractivity contribution in [1.29, 1.82) is 0 Å². The number of anilines is 1. The zero-order valence-electron chi connectivity index (χ0n) is 10.2. The van der Waals surface area contributed by atoms with Crippen LogP contribution >= 0.6 is 35.6 Å². The fourth-order valence-electron chi connectivity index (χ4n) is 1.14. The van der Waals surface area contributed by atoms with Crippen molar-refractivity contribution in [3.63, 3.8) is 0 Å². The molecule has 0 fully saturated rings. The highest BCUT2D eigenvalue weighted by atomic mass is 127. The Morgan fingerprint density at radius 3 is 2.83 bits per heavy atom. The van der Waals surface area contributed by atoms with Gasteiger partial charge in [0.15, 0.2) is 5.96 Å². The lowest BCUT2D eigenvalue weighted by Crippen LogP contribution is -2.22. The summed E-state index contributed by atoms with van der Waals surface area (Å²) in [6.45, 7) is 2.13. The van der Waals surface area contributed by atoms with Crippen molar-refractivity contribution >= 4 is 47.2 Å². The highest BCUT2D eigenvalue weighted by Crippen LogP contribution is 2.26. The predicted molar refractivity (Wildman–Crippen MR) is 87.0 cm³/mol. The quantitative estimate of drug-likeness (QED) is 0.367. The number of benzene rings is 1. The Labute approximate surface area is 129 Å². The minimum absolute atomic E-state index is 0. The molecule has 1 aromatic rings. The van der Waals surface area contributed by atoms with Gasteiger partial charge >= 0.3 is 0 Å². The van der Waals surface area contributed by atoms with Gasteiger partial charge in [0.05, 0.1) is 12.1 Å². The molecule has 0 aliphatic carbocycles. The number of nitrogens with zero attached hydrogens (tertiary/aromatic N) is 1. The van der Waals surface area contributed by atoms with Crippen LogP contribution in [0.5, 0.6) is 5.75 Å². The summed E-state index contributed by atoms with van der Waals surface area (Å²) in [7, 11) is 1.56. The Bertz CT molecular complexity index is 480. The van der Waals surface area contributed by atoms with Crippen LogP contribution in [0.1, 0.15) is 6.92 Å². The van der Waals surface area contributed by atoms with Crippen LogP contribution in [0.4, 0.5) is 5.69 Å². The van der Waals surface area contributed by atoms with Gasteiger partial charge in [-0.3, -0.25) is 0 Å². The van der Waals surface area contributed by atoms with Crippen LogP contribution in [-0.4, -0.2) is 19.6 Å². The van der Waals surface area contributed by atoms with Crippen LogP contribution < -0.4 is 15.8 Å².